The summed E-state index contributed by atoms with van der Waals surface area (Å²) in [5, 5.41) is 6.41. The van der Waals surface area contributed by atoms with Gasteiger partial charge in [-0.25, -0.2) is 4.98 Å². The summed E-state index contributed by atoms with van der Waals surface area (Å²) in [6, 6.07) is 3.80. The molecule has 2 aliphatic rings. The highest BCUT2D eigenvalue weighted by Crippen LogP contribution is 2.24. The largest absolute Gasteiger partial charge is 0.378 e. The van der Waals surface area contributed by atoms with Crippen LogP contribution >= 0.6 is 0 Å². The van der Waals surface area contributed by atoms with Gasteiger partial charge in [0.15, 0.2) is 5.82 Å². The van der Waals surface area contributed by atoms with E-state index in [1.165, 1.54) is 12.8 Å². The number of anilines is 2. The number of hydrogen-bond acceptors (Lipinski definition) is 5. The van der Waals surface area contributed by atoms with Crippen molar-refractivity contribution in [3.05, 3.63) is 18.3 Å². The molecule has 0 bridgehead atoms. The topological polar surface area (TPSA) is 66.5 Å². The summed E-state index contributed by atoms with van der Waals surface area (Å²) in [6.07, 6.45) is 5.69. The summed E-state index contributed by atoms with van der Waals surface area (Å²) in [4.78, 5) is 18.9. The lowest BCUT2D eigenvalue weighted by molar-refractivity contribution is -0.116. The Labute approximate surface area is 137 Å². The van der Waals surface area contributed by atoms with Crippen LogP contribution in [0.3, 0.4) is 0 Å². The average molecular weight is 318 g/mol. The van der Waals surface area contributed by atoms with Crippen LogP contribution in [0.2, 0.25) is 0 Å². The highest BCUT2D eigenvalue weighted by molar-refractivity contribution is 5.93. The van der Waals surface area contributed by atoms with Gasteiger partial charge in [-0.05, 0) is 50.4 Å². The molecule has 0 unspecified atom stereocenters. The minimum absolute atomic E-state index is 0.0889. The number of ether oxygens (including phenoxy) is 1. The molecule has 126 valence electrons. The van der Waals surface area contributed by atoms with E-state index < -0.39 is 0 Å². The highest BCUT2D eigenvalue weighted by atomic mass is 16.5. The summed E-state index contributed by atoms with van der Waals surface area (Å²) in [7, 11) is 0. The molecule has 3 heterocycles. The van der Waals surface area contributed by atoms with Crippen LogP contribution in [-0.4, -0.2) is 50.3 Å². The Morgan fingerprint density at radius 3 is 2.91 bits per heavy atom. The maximum atomic E-state index is 12.3. The number of carbonyl (C=O) groups is 1. The number of piperidine rings is 1. The second-order valence-corrected chi connectivity index (χ2v) is 6.25. The van der Waals surface area contributed by atoms with Gasteiger partial charge in [0.1, 0.15) is 0 Å². The van der Waals surface area contributed by atoms with E-state index in [2.05, 4.69) is 20.5 Å². The standard InChI is InChI=1S/C17H26N4O2/c22-16(4-3-14-5-8-18-9-6-14)20-15-2-1-7-19-17(15)21-10-12-23-13-11-21/h1-2,7,14,18H,3-6,8-13H2,(H,20,22). The van der Waals surface area contributed by atoms with Crippen LogP contribution in [0.5, 0.6) is 0 Å². The zero-order chi connectivity index (χ0) is 15.9. The molecule has 2 saturated heterocycles. The second kappa shape index (κ2) is 8.26. The zero-order valence-electron chi connectivity index (χ0n) is 13.6. The predicted molar refractivity (Wildman–Crippen MR) is 90.7 cm³/mol. The van der Waals surface area contributed by atoms with Crippen LogP contribution in [0, 0.1) is 5.92 Å². The van der Waals surface area contributed by atoms with Gasteiger partial charge in [-0.2, -0.15) is 0 Å². The first-order valence-electron chi connectivity index (χ1n) is 8.61. The third kappa shape index (κ3) is 4.65. The number of rotatable bonds is 5. The number of morpholine rings is 1. The number of hydrogen-bond donors (Lipinski definition) is 2. The van der Waals surface area contributed by atoms with Gasteiger partial charge in [0.2, 0.25) is 5.91 Å². The Hall–Kier alpha value is -1.66. The van der Waals surface area contributed by atoms with Gasteiger partial charge in [-0.3, -0.25) is 4.79 Å². The summed E-state index contributed by atoms with van der Waals surface area (Å²) in [5.41, 5.74) is 0.810. The normalized spacial score (nSPS) is 19.6. The van der Waals surface area contributed by atoms with Crippen LogP contribution in [-0.2, 0) is 9.53 Å². The van der Waals surface area contributed by atoms with Crippen LogP contribution in [0.4, 0.5) is 11.5 Å². The minimum Gasteiger partial charge on any atom is -0.378 e. The van der Waals surface area contributed by atoms with E-state index in [-0.39, 0.29) is 5.91 Å². The molecule has 0 aliphatic carbocycles. The van der Waals surface area contributed by atoms with E-state index >= 15 is 0 Å². The van der Waals surface area contributed by atoms with E-state index in [0.717, 1.165) is 44.1 Å². The Bertz CT molecular complexity index is 511. The number of nitrogens with zero attached hydrogens (tertiary/aromatic N) is 2. The summed E-state index contributed by atoms with van der Waals surface area (Å²) in [5.74, 6) is 1.62. The first kappa shape index (κ1) is 16.2. The van der Waals surface area contributed by atoms with Crippen molar-refractivity contribution in [2.24, 2.45) is 5.92 Å². The number of nitrogens with one attached hydrogen (secondary N) is 2. The number of carbonyl (C=O) groups excluding carboxylic acids is 1. The van der Waals surface area contributed by atoms with Crippen LogP contribution in [0.1, 0.15) is 25.7 Å². The van der Waals surface area contributed by atoms with Crippen molar-refractivity contribution in [3.8, 4) is 0 Å². The van der Waals surface area contributed by atoms with Crippen LogP contribution < -0.4 is 15.5 Å². The molecule has 3 rings (SSSR count). The molecule has 2 fully saturated rings. The van der Waals surface area contributed by atoms with Gasteiger partial charge in [0, 0.05) is 25.7 Å². The fourth-order valence-corrected chi connectivity index (χ4v) is 3.24. The van der Waals surface area contributed by atoms with Crippen molar-refractivity contribution in [2.75, 3.05) is 49.6 Å². The molecule has 1 aromatic heterocycles. The number of aromatic nitrogens is 1. The van der Waals surface area contributed by atoms with Crippen LogP contribution in [0.25, 0.3) is 0 Å². The summed E-state index contributed by atoms with van der Waals surface area (Å²) < 4.78 is 5.39. The Morgan fingerprint density at radius 1 is 1.35 bits per heavy atom. The number of amides is 1. The van der Waals surface area contributed by atoms with Crippen molar-refractivity contribution < 1.29 is 9.53 Å². The molecule has 6 heteroatoms. The summed E-state index contributed by atoms with van der Waals surface area (Å²) >= 11 is 0. The molecular weight excluding hydrogens is 292 g/mol. The molecule has 2 N–H and O–H groups in total. The number of pyridine rings is 1. The van der Waals surface area contributed by atoms with Gasteiger partial charge < -0.3 is 20.3 Å². The Morgan fingerprint density at radius 2 is 2.13 bits per heavy atom. The first-order valence-corrected chi connectivity index (χ1v) is 8.61. The fraction of sp³-hybridized carbons (Fsp3) is 0.647. The molecule has 6 nitrogen and oxygen atoms in total. The van der Waals surface area contributed by atoms with E-state index in [1.54, 1.807) is 6.20 Å². The zero-order valence-corrected chi connectivity index (χ0v) is 13.6. The monoisotopic (exact) mass is 318 g/mol. The molecule has 1 amide bonds. The van der Waals surface area contributed by atoms with Gasteiger partial charge >= 0.3 is 0 Å². The summed E-state index contributed by atoms with van der Waals surface area (Å²) in [6.45, 7) is 5.20. The van der Waals surface area contributed by atoms with E-state index in [1.807, 2.05) is 12.1 Å². The predicted octanol–water partition coefficient (Wildman–Crippen LogP) is 1.64. The maximum absolute atomic E-state index is 12.3. The quantitative estimate of drug-likeness (QED) is 0.864. The van der Waals surface area contributed by atoms with Gasteiger partial charge in [-0.1, -0.05) is 0 Å². The second-order valence-electron chi connectivity index (χ2n) is 6.25. The minimum atomic E-state index is 0.0889. The molecule has 23 heavy (non-hydrogen) atoms. The first-order chi connectivity index (χ1) is 11.3. The average Bonchev–Trinajstić information content (AvgIpc) is 2.62. The Kier molecular flexibility index (Phi) is 5.82. The molecule has 0 atom stereocenters. The van der Waals surface area contributed by atoms with Gasteiger partial charge in [-0.15, -0.1) is 0 Å². The Balaban J connectivity index is 1.55. The fourth-order valence-electron chi connectivity index (χ4n) is 3.24. The van der Waals surface area contributed by atoms with Crippen molar-refractivity contribution in [3.63, 3.8) is 0 Å². The molecular formula is C17H26N4O2. The van der Waals surface area contributed by atoms with Crippen molar-refractivity contribution in [1.29, 1.82) is 0 Å². The maximum Gasteiger partial charge on any atom is 0.224 e. The lowest BCUT2D eigenvalue weighted by atomic mass is 9.93. The van der Waals surface area contributed by atoms with Gasteiger partial charge in [0.25, 0.3) is 0 Å². The molecule has 0 saturated carbocycles. The molecule has 0 radical (unpaired) electrons. The SMILES string of the molecule is O=C(CCC1CCNCC1)Nc1cccnc1N1CCOCC1. The smallest absolute Gasteiger partial charge is 0.224 e. The van der Waals surface area contributed by atoms with Crippen molar-refractivity contribution in [2.45, 2.75) is 25.7 Å². The molecule has 0 aromatic carbocycles. The molecule has 1 aromatic rings. The van der Waals surface area contributed by atoms with Crippen molar-refractivity contribution in [1.82, 2.24) is 10.3 Å². The third-order valence-electron chi connectivity index (χ3n) is 4.61. The van der Waals surface area contributed by atoms with Gasteiger partial charge in [0.05, 0.1) is 18.9 Å². The van der Waals surface area contributed by atoms with Crippen LogP contribution in [0.15, 0.2) is 18.3 Å². The lowest BCUT2D eigenvalue weighted by Crippen LogP contribution is -2.37. The van der Waals surface area contributed by atoms with E-state index in [0.29, 0.717) is 25.6 Å². The van der Waals surface area contributed by atoms with E-state index in [4.69, 9.17) is 4.74 Å². The third-order valence-corrected chi connectivity index (χ3v) is 4.61. The van der Waals surface area contributed by atoms with Crippen molar-refractivity contribution >= 4 is 17.4 Å². The van der Waals surface area contributed by atoms with E-state index in [9.17, 15) is 4.79 Å². The highest BCUT2D eigenvalue weighted by Gasteiger charge is 2.18. The molecule has 2 aliphatic heterocycles. The lowest BCUT2D eigenvalue weighted by Gasteiger charge is -2.29. The molecule has 0 spiro atoms.